The molecule has 2 aromatic heterocycles. The van der Waals surface area contributed by atoms with E-state index in [4.69, 9.17) is 0 Å². The first-order chi connectivity index (χ1) is 12.9. The average Bonchev–Trinajstić information content (AvgIpc) is 3.05. The average molecular weight is 447 g/mol. The molecule has 0 spiro atoms. The lowest BCUT2D eigenvalue weighted by atomic mass is 10.1. The highest BCUT2D eigenvalue weighted by molar-refractivity contribution is 9.10. The highest BCUT2D eigenvalue weighted by Gasteiger charge is 2.19. The molecule has 3 aromatic rings. The van der Waals surface area contributed by atoms with E-state index >= 15 is 0 Å². The number of carbonyl (C=O) groups excluding carboxylic acids is 2. The smallest absolute Gasteiger partial charge is 0.225 e. The van der Waals surface area contributed by atoms with E-state index in [0.29, 0.717) is 32.8 Å². The fourth-order valence-corrected chi connectivity index (χ4v) is 4.01. The second-order valence-electron chi connectivity index (χ2n) is 5.93. The molecular formula is C20H16BrFN2O2S. The van der Waals surface area contributed by atoms with Crippen LogP contribution < -0.4 is 5.32 Å². The maximum atomic E-state index is 12.9. The number of hydrogen-bond donors (Lipinski definition) is 1. The lowest BCUT2D eigenvalue weighted by Gasteiger charge is -2.07. The van der Waals surface area contributed by atoms with Crippen LogP contribution in [0.1, 0.15) is 29.3 Å². The summed E-state index contributed by atoms with van der Waals surface area (Å²) in [7, 11) is 0. The number of rotatable bonds is 6. The third-order valence-corrected chi connectivity index (χ3v) is 5.28. The van der Waals surface area contributed by atoms with Gasteiger partial charge < -0.3 is 5.32 Å². The van der Waals surface area contributed by atoms with Crippen molar-refractivity contribution in [3.63, 3.8) is 0 Å². The molecule has 2 heterocycles. The Balaban J connectivity index is 1.75. The van der Waals surface area contributed by atoms with Gasteiger partial charge in [-0.15, -0.1) is 11.3 Å². The van der Waals surface area contributed by atoms with E-state index in [0.717, 1.165) is 5.56 Å². The van der Waals surface area contributed by atoms with Gasteiger partial charge in [0.25, 0.3) is 0 Å². The lowest BCUT2D eigenvalue weighted by Crippen LogP contribution is -2.13. The Bertz CT molecular complexity index is 986. The Morgan fingerprint density at radius 1 is 1.19 bits per heavy atom. The number of carbonyl (C=O) groups is 2. The molecule has 0 saturated carbocycles. The molecule has 138 valence electrons. The molecule has 3 rings (SSSR count). The van der Waals surface area contributed by atoms with Gasteiger partial charge in [0.15, 0.2) is 5.78 Å². The van der Waals surface area contributed by atoms with Gasteiger partial charge in [0.2, 0.25) is 5.91 Å². The molecule has 0 saturated heterocycles. The largest absolute Gasteiger partial charge is 0.317 e. The van der Waals surface area contributed by atoms with E-state index in [1.165, 1.54) is 30.4 Å². The molecule has 1 aromatic carbocycles. The zero-order valence-corrected chi connectivity index (χ0v) is 16.9. The molecule has 0 unspecified atom stereocenters. The molecule has 0 aliphatic rings. The fourth-order valence-electron chi connectivity index (χ4n) is 2.64. The third kappa shape index (κ3) is 4.87. The number of nitrogens with zero attached hydrogens (tertiary/aromatic N) is 1. The summed E-state index contributed by atoms with van der Waals surface area (Å²) in [5.74, 6) is -0.638. The first-order valence-corrected chi connectivity index (χ1v) is 9.91. The van der Waals surface area contributed by atoms with Gasteiger partial charge in [0, 0.05) is 17.4 Å². The number of pyridine rings is 1. The lowest BCUT2D eigenvalue weighted by molar-refractivity contribution is -0.116. The summed E-state index contributed by atoms with van der Waals surface area (Å²) in [6.45, 7) is 1.47. The van der Waals surface area contributed by atoms with E-state index in [1.807, 2.05) is 17.5 Å². The van der Waals surface area contributed by atoms with Crippen LogP contribution >= 0.6 is 27.3 Å². The van der Waals surface area contributed by atoms with Gasteiger partial charge in [0.1, 0.15) is 15.4 Å². The number of halogens is 2. The van der Waals surface area contributed by atoms with Gasteiger partial charge >= 0.3 is 0 Å². The van der Waals surface area contributed by atoms with Gasteiger partial charge in [0.05, 0.1) is 11.3 Å². The quantitative estimate of drug-likeness (QED) is 0.402. The molecule has 0 atom stereocenters. The van der Waals surface area contributed by atoms with Crippen molar-refractivity contribution >= 4 is 44.0 Å². The van der Waals surface area contributed by atoms with Crippen molar-refractivity contribution in [1.29, 1.82) is 0 Å². The number of nitrogens with one attached hydrogen (secondary N) is 1. The number of ketones is 1. The summed E-state index contributed by atoms with van der Waals surface area (Å²) in [6.07, 6.45) is 0.734. The predicted molar refractivity (Wildman–Crippen MR) is 109 cm³/mol. The van der Waals surface area contributed by atoms with Crippen molar-refractivity contribution in [2.45, 2.75) is 19.8 Å². The molecule has 1 N–H and O–H groups in total. The zero-order chi connectivity index (χ0) is 19.4. The van der Waals surface area contributed by atoms with Crippen LogP contribution in [0.3, 0.4) is 0 Å². The van der Waals surface area contributed by atoms with Gasteiger partial charge in [-0.1, -0.05) is 18.2 Å². The topological polar surface area (TPSA) is 59.1 Å². The summed E-state index contributed by atoms with van der Waals surface area (Å²) in [4.78, 5) is 28.9. The fraction of sp³-hybridized carbons (Fsp3) is 0.150. The number of benzene rings is 1. The van der Waals surface area contributed by atoms with E-state index in [1.54, 1.807) is 18.2 Å². The van der Waals surface area contributed by atoms with Gasteiger partial charge in [-0.25, -0.2) is 9.37 Å². The second-order valence-corrected chi connectivity index (χ2v) is 7.62. The summed E-state index contributed by atoms with van der Waals surface area (Å²) in [5.41, 5.74) is 2.70. The summed E-state index contributed by atoms with van der Waals surface area (Å²) < 4.78 is 13.6. The normalized spacial score (nSPS) is 10.6. The molecule has 0 aliphatic heterocycles. The number of anilines is 1. The van der Waals surface area contributed by atoms with Crippen LogP contribution in [0.25, 0.3) is 11.3 Å². The zero-order valence-electron chi connectivity index (χ0n) is 14.5. The molecule has 27 heavy (non-hydrogen) atoms. The molecule has 4 nitrogen and oxygen atoms in total. The van der Waals surface area contributed by atoms with Gasteiger partial charge in [-0.05, 0) is 59.1 Å². The first-order valence-electron chi connectivity index (χ1n) is 8.23. The first kappa shape index (κ1) is 19.4. The SMILES string of the molecule is CC(=O)c1c(-c2cccc(Br)n2)csc1NC(=O)CCc1ccc(F)cc1. The molecule has 0 radical (unpaired) electrons. The van der Waals surface area contributed by atoms with Crippen LogP contribution in [0.4, 0.5) is 9.39 Å². The molecule has 7 heteroatoms. The Morgan fingerprint density at radius 2 is 1.93 bits per heavy atom. The Kier molecular flexibility index (Phi) is 6.13. The monoisotopic (exact) mass is 446 g/mol. The minimum absolute atomic E-state index is 0.137. The van der Waals surface area contributed by atoms with Crippen LogP contribution in [0, 0.1) is 5.82 Å². The van der Waals surface area contributed by atoms with Crippen LogP contribution in [0.2, 0.25) is 0 Å². The number of Topliss-reactive ketones (excluding diaryl/α,β-unsaturated/α-hetero) is 1. The van der Waals surface area contributed by atoms with Crippen molar-refractivity contribution in [3.8, 4) is 11.3 Å². The number of thiophene rings is 1. The summed E-state index contributed by atoms with van der Waals surface area (Å²) in [5, 5.41) is 5.16. The highest BCUT2D eigenvalue weighted by Crippen LogP contribution is 2.35. The minimum Gasteiger partial charge on any atom is -0.317 e. The van der Waals surface area contributed by atoms with Gasteiger partial charge in [-0.2, -0.15) is 0 Å². The number of hydrogen-bond acceptors (Lipinski definition) is 4. The van der Waals surface area contributed by atoms with Crippen molar-refractivity contribution in [2.75, 3.05) is 5.32 Å². The molecule has 0 bridgehead atoms. The predicted octanol–water partition coefficient (Wildman–Crippen LogP) is 5.49. The van der Waals surface area contributed by atoms with E-state index in [9.17, 15) is 14.0 Å². The van der Waals surface area contributed by atoms with E-state index in [2.05, 4.69) is 26.2 Å². The van der Waals surface area contributed by atoms with E-state index < -0.39 is 0 Å². The molecule has 0 aliphatic carbocycles. The molecule has 1 amide bonds. The van der Waals surface area contributed by atoms with E-state index in [-0.39, 0.29) is 23.9 Å². The molecule has 0 fully saturated rings. The number of aromatic nitrogens is 1. The summed E-state index contributed by atoms with van der Waals surface area (Å²) in [6, 6.07) is 11.5. The Hall–Kier alpha value is -2.38. The van der Waals surface area contributed by atoms with Crippen molar-refractivity contribution in [3.05, 3.63) is 69.4 Å². The highest BCUT2D eigenvalue weighted by atomic mass is 79.9. The third-order valence-electron chi connectivity index (χ3n) is 3.94. The maximum Gasteiger partial charge on any atom is 0.225 e. The van der Waals surface area contributed by atoms with Crippen LogP contribution in [-0.2, 0) is 11.2 Å². The van der Waals surface area contributed by atoms with Crippen molar-refractivity contribution in [1.82, 2.24) is 4.98 Å². The van der Waals surface area contributed by atoms with Crippen molar-refractivity contribution < 1.29 is 14.0 Å². The Labute approximate surface area is 168 Å². The minimum atomic E-state index is -0.304. The maximum absolute atomic E-state index is 12.9. The van der Waals surface area contributed by atoms with Crippen LogP contribution in [-0.4, -0.2) is 16.7 Å². The van der Waals surface area contributed by atoms with Gasteiger partial charge in [-0.3, -0.25) is 9.59 Å². The van der Waals surface area contributed by atoms with Crippen molar-refractivity contribution in [2.24, 2.45) is 0 Å². The molecular weight excluding hydrogens is 431 g/mol. The number of aryl methyl sites for hydroxylation is 1. The second kappa shape index (κ2) is 8.54. The van der Waals surface area contributed by atoms with Crippen LogP contribution in [0.5, 0.6) is 0 Å². The Morgan fingerprint density at radius 3 is 2.59 bits per heavy atom. The standard InChI is InChI=1S/C20H16BrFN2O2S/c1-12(25)19-15(16-3-2-4-17(21)23-16)11-27-20(19)24-18(26)10-7-13-5-8-14(22)9-6-13/h2-6,8-9,11H,7,10H2,1H3,(H,24,26). The number of amides is 1. The van der Waals surface area contributed by atoms with Crippen LogP contribution in [0.15, 0.2) is 52.4 Å². The summed E-state index contributed by atoms with van der Waals surface area (Å²) >= 11 is 4.63.